The van der Waals surface area contributed by atoms with Gasteiger partial charge < -0.3 is 13.9 Å². The number of aryl methyl sites for hydroxylation is 2. The molecule has 0 radical (unpaired) electrons. The highest BCUT2D eigenvalue weighted by Gasteiger charge is 2.22. The van der Waals surface area contributed by atoms with Gasteiger partial charge in [-0.05, 0) is 68.5 Å². The first kappa shape index (κ1) is 20.6. The Morgan fingerprint density at radius 3 is 2.66 bits per heavy atom. The summed E-state index contributed by atoms with van der Waals surface area (Å²) in [6.45, 7) is 5.64. The lowest BCUT2D eigenvalue weighted by Crippen LogP contribution is -2.19. The van der Waals surface area contributed by atoms with Gasteiger partial charge in [0, 0.05) is 43.8 Å². The average Bonchev–Trinajstić information content (AvgIpc) is 3.21. The van der Waals surface area contributed by atoms with Gasteiger partial charge in [0.2, 0.25) is 0 Å². The largest absolute Gasteiger partial charge is 0.381 e. The number of nitrogens with zero attached hydrogens (tertiary/aromatic N) is 4. The molecule has 0 amide bonds. The molecule has 1 fully saturated rings. The van der Waals surface area contributed by atoms with Gasteiger partial charge in [-0.15, -0.1) is 0 Å². The van der Waals surface area contributed by atoms with Crippen molar-refractivity contribution in [2.75, 3.05) is 13.2 Å². The molecule has 0 spiro atoms. The monoisotopic (exact) mass is 428 g/mol. The Bertz CT molecular complexity index is 1290. The van der Waals surface area contributed by atoms with Crippen LogP contribution in [-0.4, -0.2) is 32.3 Å². The molecule has 0 bridgehead atoms. The van der Waals surface area contributed by atoms with Crippen LogP contribution in [0.3, 0.4) is 0 Å². The van der Waals surface area contributed by atoms with Crippen molar-refractivity contribution < 1.29 is 4.74 Å². The Balaban J connectivity index is 1.73. The summed E-state index contributed by atoms with van der Waals surface area (Å²) in [7, 11) is 1.79. The fourth-order valence-electron chi connectivity index (χ4n) is 4.75. The topological polar surface area (TPSA) is 61.9 Å². The number of imidazole rings is 1. The summed E-state index contributed by atoms with van der Waals surface area (Å²) in [5.41, 5.74) is 5.99. The van der Waals surface area contributed by atoms with E-state index in [0.29, 0.717) is 11.5 Å². The van der Waals surface area contributed by atoms with Gasteiger partial charge in [-0.3, -0.25) is 9.78 Å². The van der Waals surface area contributed by atoms with Crippen LogP contribution in [-0.2, 0) is 11.8 Å². The Hall–Kier alpha value is -3.25. The number of ether oxygens (including phenoxy) is 1. The Kier molecular flexibility index (Phi) is 5.39. The first-order valence-electron chi connectivity index (χ1n) is 11.2. The van der Waals surface area contributed by atoms with Crippen LogP contribution < -0.4 is 5.56 Å². The van der Waals surface area contributed by atoms with Crippen molar-refractivity contribution in [3.8, 4) is 11.4 Å². The fourth-order valence-corrected chi connectivity index (χ4v) is 4.75. The molecule has 4 aromatic rings. The minimum atomic E-state index is -0.0151. The summed E-state index contributed by atoms with van der Waals surface area (Å²) in [5.74, 6) is 1.35. The van der Waals surface area contributed by atoms with Crippen molar-refractivity contribution in [1.82, 2.24) is 19.1 Å². The third kappa shape index (κ3) is 3.65. The first-order valence-corrected chi connectivity index (χ1v) is 11.2. The van der Waals surface area contributed by atoms with Gasteiger partial charge in [0.25, 0.3) is 5.56 Å². The van der Waals surface area contributed by atoms with Gasteiger partial charge in [-0.2, -0.15) is 0 Å². The molecule has 0 N–H and O–H groups in total. The van der Waals surface area contributed by atoms with E-state index >= 15 is 0 Å². The molecular formula is C26H28N4O2. The highest BCUT2D eigenvalue weighted by atomic mass is 16.5. The van der Waals surface area contributed by atoms with Crippen LogP contribution in [0.2, 0.25) is 0 Å². The summed E-state index contributed by atoms with van der Waals surface area (Å²) in [4.78, 5) is 21.9. The standard InChI is InChI=1S/C26H28N4O2/c1-17-14-21(16-29(3)26(17)31)25-28-23-8-7-20(19-9-12-32-13-10-19)15-24(23)30(25)18(2)22-6-4-5-11-27-22/h4-8,11,14-16,18-19H,9-10,12-13H2,1-3H3. The van der Waals surface area contributed by atoms with Crippen LogP contribution in [0.5, 0.6) is 0 Å². The van der Waals surface area contributed by atoms with Gasteiger partial charge in [0.1, 0.15) is 5.82 Å². The Morgan fingerprint density at radius 2 is 1.94 bits per heavy atom. The first-order chi connectivity index (χ1) is 15.5. The van der Waals surface area contributed by atoms with Crippen LogP contribution in [0.1, 0.15) is 48.5 Å². The number of hydrogen-bond donors (Lipinski definition) is 0. The highest BCUT2D eigenvalue weighted by molar-refractivity contribution is 5.82. The zero-order valence-corrected chi connectivity index (χ0v) is 18.8. The van der Waals surface area contributed by atoms with Crippen molar-refractivity contribution in [3.63, 3.8) is 0 Å². The highest BCUT2D eigenvalue weighted by Crippen LogP contribution is 2.34. The van der Waals surface area contributed by atoms with Gasteiger partial charge in [0.05, 0.1) is 22.8 Å². The van der Waals surface area contributed by atoms with E-state index in [2.05, 4.69) is 40.7 Å². The number of fused-ring (bicyclic) bond motifs is 1. The number of aromatic nitrogens is 4. The average molecular weight is 429 g/mol. The molecule has 1 saturated heterocycles. The third-order valence-electron chi connectivity index (χ3n) is 6.53. The fraction of sp³-hybridized carbons (Fsp3) is 0.346. The molecule has 4 heterocycles. The second-order valence-electron chi connectivity index (χ2n) is 8.70. The lowest BCUT2D eigenvalue weighted by atomic mass is 9.91. The van der Waals surface area contributed by atoms with E-state index in [9.17, 15) is 4.79 Å². The molecule has 32 heavy (non-hydrogen) atoms. The SMILES string of the molecule is Cc1cc(-c2nc3ccc(C4CCOCC4)cc3n2C(C)c2ccccn2)cn(C)c1=O. The molecule has 1 aliphatic rings. The van der Waals surface area contributed by atoms with E-state index in [4.69, 9.17) is 9.72 Å². The van der Waals surface area contributed by atoms with Crippen molar-refractivity contribution >= 4 is 11.0 Å². The predicted molar refractivity (Wildman–Crippen MR) is 126 cm³/mol. The van der Waals surface area contributed by atoms with Crippen molar-refractivity contribution in [2.45, 2.75) is 38.6 Å². The van der Waals surface area contributed by atoms with E-state index < -0.39 is 0 Å². The molecule has 1 aliphatic heterocycles. The molecule has 164 valence electrons. The van der Waals surface area contributed by atoms with Gasteiger partial charge in [-0.1, -0.05) is 12.1 Å². The maximum Gasteiger partial charge on any atom is 0.253 e. The minimum absolute atomic E-state index is 0.0102. The molecule has 5 rings (SSSR count). The lowest BCUT2D eigenvalue weighted by Gasteiger charge is -2.23. The number of hydrogen-bond acceptors (Lipinski definition) is 4. The van der Waals surface area contributed by atoms with E-state index in [1.165, 1.54) is 5.56 Å². The molecule has 0 aliphatic carbocycles. The quantitative estimate of drug-likeness (QED) is 0.476. The third-order valence-corrected chi connectivity index (χ3v) is 6.53. The maximum atomic E-state index is 12.3. The maximum absolute atomic E-state index is 12.3. The van der Waals surface area contributed by atoms with Crippen LogP contribution in [0, 0.1) is 6.92 Å². The molecular weight excluding hydrogens is 400 g/mol. The van der Waals surface area contributed by atoms with Crippen LogP contribution in [0.15, 0.2) is 59.7 Å². The summed E-state index contributed by atoms with van der Waals surface area (Å²) in [6, 6.07) is 14.5. The molecule has 0 saturated carbocycles. The van der Waals surface area contributed by atoms with E-state index in [0.717, 1.165) is 54.2 Å². The van der Waals surface area contributed by atoms with Gasteiger partial charge in [-0.25, -0.2) is 4.98 Å². The second kappa shape index (κ2) is 8.36. The van der Waals surface area contributed by atoms with E-state index in [-0.39, 0.29) is 11.6 Å². The van der Waals surface area contributed by atoms with E-state index in [1.807, 2.05) is 37.5 Å². The lowest BCUT2D eigenvalue weighted by molar-refractivity contribution is 0.0853. The molecule has 1 unspecified atom stereocenters. The zero-order valence-electron chi connectivity index (χ0n) is 18.8. The van der Waals surface area contributed by atoms with Crippen LogP contribution in [0.25, 0.3) is 22.4 Å². The Labute approximate surface area is 187 Å². The zero-order chi connectivity index (χ0) is 22.2. The summed E-state index contributed by atoms with van der Waals surface area (Å²) in [6.07, 6.45) is 5.79. The Morgan fingerprint density at radius 1 is 1.12 bits per heavy atom. The van der Waals surface area contributed by atoms with Crippen LogP contribution >= 0.6 is 0 Å². The summed E-state index contributed by atoms with van der Waals surface area (Å²) in [5, 5.41) is 0. The van der Waals surface area contributed by atoms with Gasteiger partial charge in [0.15, 0.2) is 0 Å². The molecule has 1 aromatic carbocycles. The number of pyridine rings is 2. The minimum Gasteiger partial charge on any atom is -0.381 e. The molecule has 1 atom stereocenters. The van der Waals surface area contributed by atoms with Crippen LogP contribution in [0.4, 0.5) is 0 Å². The van der Waals surface area contributed by atoms with Crippen molar-refractivity contribution in [3.05, 3.63) is 82.0 Å². The molecule has 3 aromatic heterocycles. The van der Waals surface area contributed by atoms with Crippen molar-refractivity contribution in [1.29, 1.82) is 0 Å². The smallest absolute Gasteiger partial charge is 0.253 e. The predicted octanol–water partition coefficient (Wildman–Crippen LogP) is 4.61. The normalized spacial score (nSPS) is 15.8. The van der Waals surface area contributed by atoms with E-state index in [1.54, 1.807) is 11.6 Å². The molecule has 6 nitrogen and oxygen atoms in total. The molecule has 6 heteroatoms. The van der Waals surface area contributed by atoms with Gasteiger partial charge >= 0.3 is 0 Å². The van der Waals surface area contributed by atoms with Crippen molar-refractivity contribution in [2.24, 2.45) is 7.05 Å². The second-order valence-corrected chi connectivity index (χ2v) is 8.70. The number of benzene rings is 1. The summed E-state index contributed by atoms with van der Waals surface area (Å²) >= 11 is 0. The number of rotatable bonds is 4. The summed E-state index contributed by atoms with van der Waals surface area (Å²) < 4.78 is 9.46.